The standard InChI is InChI=1S/C5H5Cl2FN/c6-5(7)2-1-3-9(8)4-5/h1,3-4H,2H2/q+1. The van der Waals surface area contributed by atoms with E-state index in [0.29, 0.717) is 11.2 Å². The molecule has 0 aromatic rings. The molecule has 0 fully saturated rings. The molecule has 0 aliphatic carbocycles. The Morgan fingerprint density at radius 1 is 1.56 bits per heavy atom. The number of hydrogen-bond acceptors (Lipinski definition) is 0. The zero-order chi connectivity index (χ0) is 6.91. The van der Waals surface area contributed by atoms with Gasteiger partial charge in [0, 0.05) is 11.2 Å². The van der Waals surface area contributed by atoms with E-state index in [0.717, 1.165) is 6.21 Å². The summed E-state index contributed by atoms with van der Waals surface area (Å²) in [5.41, 5.74) is 0. The molecule has 1 aliphatic heterocycles. The van der Waals surface area contributed by atoms with Crippen molar-refractivity contribution in [3.05, 3.63) is 12.3 Å². The topological polar surface area (TPSA) is 3.01 Å². The molecule has 0 radical (unpaired) electrons. The van der Waals surface area contributed by atoms with Gasteiger partial charge >= 0.3 is 0 Å². The summed E-state index contributed by atoms with van der Waals surface area (Å²) in [6.45, 7) is 0. The van der Waals surface area contributed by atoms with E-state index in [2.05, 4.69) is 0 Å². The number of nitrogens with zero attached hydrogens (tertiary/aromatic N) is 1. The average Bonchev–Trinajstić information content (AvgIpc) is 1.60. The first-order valence-corrected chi connectivity index (χ1v) is 3.20. The molecule has 0 atom stereocenters. The molecule has 0 N–H and O–H groups in total. The monoisotopic (exact) mass is 168 g/mol. The molecule has 0 unspecified atom stereocenters. The third-order valence-corrected chi connectivity index (χ3v) is 1.45. The molecule has 4 heteroatoms. The molecule has 0 saturated heterocycles. The van der Waals surface area contributed by atoms with Crippen molar-refractivity contribution in [2.24, 2.45) is 0 Å². The Kier molecular flexibility index (Phi) is 1.78. The lowest BCUT2D eigenvalue weighted by Gasteiger charge is -2.07. The van der Waals surface area contributed by atoms with Crippen molar-refractivity contribution in [2.75, 3.05) is 0 Å². The fourth-order valence-electron chi connectivity index (χ4n) is 0.587. The van der Waals surface area contributed by atoms with Crippen LogP contribution in [0.5, 0.6) is 0 Å². The SMILES string of the molecule is F[N+]1=CC(Cl)(Cl)CC=C1. The minimum Gasteiger partial charge on any atom is -0.0897 e. The molecular formula is C5H5Cl2FN+. The Hall–Kier alpha value is -0.0800. The minimum absolute atomic E-state index is 0.351. The van der Waals surface area contributed by atoms with E-state index in [1.807, 2.05) is 0 Å². The normalized spacial score (nSPS) is 23.7. The lowest BCUT2D eigenvalue weighted by molar-refractivity contribution is -0.651. The van der Waals surface area contributed by atoms with Crippen LogP contribution >= 0.6 is 23.2 Å². The third-order valence-electron chi connectivity index (χ3n) is 0.950. The summed E-state index contributed by atoms with van der Waals surface area (Å²) in [5, 5.41) is 0. The van der Waals surface area contributed by atoms with Crippen LogP contribution in [0.25, 0.3) is 0 Å². The van der Waals surface area contributed by atoms with Gasteiger partial charge in [0.05, 0.1) is 4.48 Å². The predicted octanol–water partition coefficient (Wildman–Crippen LogP) is 2.05. The maximum Gasteiger partial charge on any atom is 0.231 e. The van der Waals surface area contributed by atoms with Crippen LogP contribution in [0.1, 0.15) is 6.42 Å². The van der Waals surface area contributed by atoms with Crippen LogP contribution in [0.4, 0.5) is 4.48 Å². The van der Waals surface area contributed by atoms with E-state index in [1.54, 1.807) is 6.08 Å². The number of rotatable bonds is 0. The van der Waals surface area contributed by atoms with Gasteiger partial charge in [-0.2, -0.15) is 0 Å². The summed E-state index contributed by atoms with van der Waals surface area (Å²) in [4.78, 5) is 0.351. The van der Waals surface area contributed by atoms with Gasteiger partial charge in [0.2, 0.25) is 16.7 Å². The zero-order valence-electron chi connectivity index (χ0n) is 4.52. The molecule has 0 aromatic heterocycles. The first-order chi connectivity index (χ1) is 4.10. The second-order valence-electron chi connectivity index (χ2n) is 1.82. The molecule has 0 aromatic carbocycles. The van der Waals surface area contributed by atoms with E-state index in [4.69, 9.17) is 23.2 Å². The molecule has 0 saturated carbocycles. The van der Waals surface area contributed by atoms with Gasteiger partial charge in [-0.3, -0.25) is 0 Å². The van der Waals surface area contributed by atoms with Crippen LogP contribution in [0, 0.1) is 0 Å². The first-order valence-electron chi connectivity index (χ1n) is 2.45. The highest BCUT2D eigenvalue weighted by Crippen LogP contribution is 2.25. The number of allylic oxidation sites excluding steroid dienone is 1. The quantitative estimate of drug-likeness (QED) is 0.385. The first kappa shape index (κ1) is 7.03. The molecule has 1 nitrogen and oxygen atoms in total. The lowest BCUT2D eigenvalue weighted by atomic mass is 10.3. The summed E-state index contributed by atoms with van der Waals surface area (Å²) in [5.74, 6) is 0. The van der Waals surface area contributed by atoms with Crippen LogP contribution in [0.3, 0.4) is 0 Å². The van der Waals surface area contributed by atoms with E-state index >= 15 is 0 Å². The largest absolute Gasteiger partial charge is 0.231 e. The van der Waals surface area contributed by atoms with Gasteiger partial charge < -0.3 is 0 Å². The fraction of sp³-hybridized carbons (Fsp3) is 0.400. The molecule has 0 amide bonds. The van der Waals surface area contributed by atoms with Crippen LogP contribution in [-0.2, 0) is 0 Å². The van der Waals surface area contributed by atoms with Crippen LogP contribution in [-0.4, -0.2) is 15.3 Å². The Labute approximate surface area is 62.3 Å². The summed E-state index contributed by atoms with van der Waals surface area (Å²) in [6.07, 6.45) is 4.40. The number of hydrogen-bond donors (Lipinski definition) is 0. The minimum atomic E-state index is -1.07. The Morgan fingerprint density at radius 2 is 2.22 bits per heavy atom. The summed E-state index contributed by atoms with van der Waals surface area (Å²) < 4.78 is 11.1. The van der Waals surface area contributed by atoms with Crippen LogP contribution in [0.15, 0.2) is 12.3 Å². The van der Waals surface area contributed by atoms with E-state index in [9.17, 15) is 4.48 Å². The third kappa shape index (κ3) is 1.95. The number of alkyl halides is 2. The van der Waals surface area contributed by atoms with Crippen molar-refractivity contribution < 1.29 is 9.28 Å². The predicted molar refractivity (Wildman–Crippen MR) is 35.6 cm³/mol. The summed E-state index contributed by atoms with van der Waals surface area (Å²) >= 11 is 11.1. The maximum atomic E-state index is 12.2. The molecule has 0 spiro atoms. The van der Waals surface area contributed by atoms with Crippen LogP contribution < -0.4 is 0 Å². The second-order valence-corrected chi connectivity index (χ2v) is 3.37. The van der Waals surface area contributed by atoms with Crippen molar-refractivity contribution >= 4 is 29.4 Å². The van der Waals surface area contributed by atoms with Gasteiger partial charge in [-0.05, 0) is 6.08 Å². The highest BCUT2D eigenvalue weighted by atomic mass is 35.5. The molecule has 1 heterocycles. The Balaban J connectivity index is 2.78. The summed E-state index contributed by atoms with van der Waals surface area (Å²) in [7, 11) is 0. The van der Waals surface area contributed by atoms with Gasteiger partial charge in [-0.25, -0.2) is 0 Å². The Bertz CT molecular complexity index is 174. The smallest absolute Gasteiger partial charge is 0.0897 e. The molecule has 0 bridgehead atoms. The maximum absolute atomic E-state index is 12.2. The second kappa shape index (κ2) is 2.27. The van der Waals surface area contributed by atoms with Crippen molar-refractivity contribution in [3.8, 4) is 0 Å². The molecule has 9 heavy (non-hydrogen) atoms. The molecule has 50 valence electrons. The molecule has 1 aliphatic rings. The summed E-state index contributed by atoms with van der Waals surface area (Å²) in [6, 6.07) is 0. The van der Waals surface area contributed by atoms with E-state index < -0.39 is 4.33 Å². The van der Waals surface area contributed by atoms with E-state index in [1.165, 1.54) is 6.20 Å². The van der Waals surface area contributed by atoms with Crippen molar-refractivity contribution in [3.63, 3.8) is 0 Å². The molecular weight excluding hydrogens is 164 g/mol. The molecule has 1 rings (SSSR count). The van der Waals surface area contributed by atoms with Gasteiger partial charge in [0.1, 0.15) is 0 Å². The lowest BCUT2D eigenvalue weighted by Crippen LogP contribution is -2.20. The Morgan fingerprint density at radius 3 is 2.56 bits per heavy atom. The number of halogens is 3. The van der Waals surface area contributed by atoms with Gasteiger partial charge in [0.25, 0.3) is 0 Å². The highest BCUT2D eigenvalue weighted by Gasteiger charge is 2.29. The van der Waals surface area contributed by atoms with Gasteiger partial charge in [-0.1, -0.05) is 23.2 Å². The average molecular weight is 169 g/mol. The van der Waals surface area contributed by atoms with Gasteiger partial charge in [0.15, 0.2) is 0 Å². The van der Waals surface area contributed by atoms with Crippen LogP contribution in [0.2, 0.25) is 0 Å². The zero-order valence-corrected chi connectivity index (χ0v) is 6.03. The highest BCUT2D eigenvalue weighted by molar-refractivity contribution is 6.55. The fourth-order valence-corrected chi connectivity index (χ4v) is 0.951. The van der Waals surface area contributed by atoms with Crippen molar-refractivity contribution in [1.82, 2.24) is 0 Å². The van der Waals surface area contributed by atoms with E-state index in [-0.39, 0.29) is 0 Å². The van der Waals surface area contributed by atoms with Crippen molar-refractivity contribution in [1.29, 1.82) is 0 Å². The van der Waals surface area contributed by atoms with Gasteiger partial charge in [-0.15, -0.1) is 0 Å². The van der Waals surface area contributed by atoms with Crippen molar-refractivity contribution in [2.45, 2.75) is 10.8 Å².